The van der Waals surface area contributed by atoms with Gasteiger partial charge in [-0.1, -0.05) is 70.4 Å². The van der Waals surface area contributed by atoms with Gasteiger partial charge in [0.2, 0.25) is 5.75 Å². The third-order valence-corrected chi connectivity index (χ3v) is 6.83. The molecule has 0 aliphatic carbocycles. The van der Waals surface area contributed by atoms with E-state index in [1.54, 1.807) is 18.2 Å². The topological polar surface area (TPSA) is 115 Å². The summed E-state index contributed by atoms with van der Waals surface area (Å²) in [6.45, 7) is 7.03. The summed E-state index contributed by atoms with van der Waals surface area (Å²) in [6, 6.07) is 10.6. The Bertz CT molecular complexity index is 1130. The molecule has 0 radical (unpaired) electrons. The lowest BCUT2D eigenvalue weighted by atomic mass is 10.1. The van der Waals surface area contributed by atoms with E-state index in [2.05, 4.69) is 4.79 Å². The highest BCUT2D eigenvalue weighted by Crippen LogP contribution is 2.43. The van der Waals surface area contributed by atoms with Gasteiger partial charge in [-0.05, 0) is 31.4 Å². The summed E-state index contributed by atoms with van der Waals surface area (Å²) < 4.78 is 45.0. The first kappa shape index (κ1) is 28.1. The standard InChI is InChI=1S/C26H34N2O6S/c1-4-7-17-32-21-15-16-22(25(34-19-9-6-3)24(21)33-18-8-5-2)35(30,31)26(28-27)23(29)20-13-11-10-12-14-20/h10-16H,4-9,17-19H2,1-3H3. The van der Waals surface area contributed by atoms with Gasteiger partial charge in [-0.25, -0.2) is 8.42 Å². The van der Waals surface area contributed by atoms with E-state index in [0.29, 0.717) is 25.4 Å². The molecule has 0 N–H and O–H groups in total. The van der Waals surface area contributed by atoms with Crippen LogP contribution in [0.1, 0.15) is 69.7 Å². The lowest BCUT2D eigenvalue weighted by molar-refractivity contribution is -0.00160. The van der Waals surface area contributed by atoms with Crippen LogP contribution in [0.5, 0.6) is 17.2 Å². The molecule has 2 aromatic carbocycles. The molecule has 0 bridgehead atoms. The van der Waals surface area contributed by atoms with E-state index in [1.807, 2.05) is 20.8 Å². The Morgan fingerprint density at radius 3 is 1.89 bits per heavy atom. The molecular weight excluding hydrogens is 468 g/mol. The van der Waals surface area contributed by atoms with Crippen LogP contribution in [0.4, 0.5) is 0 Å². The van der Waals surface area contributed by atoms with E-state index in [0.717, 1.165) is 32.1 Å². The number of unbranched alkanes of at least 4 members (excludes halogenated alkanes) is 3. The first-order valence-electron chi connectivity index (χ1n) is 12.0. The molecule has 0 fully saturated rings. The Morgan fingerprint density at radius 1 is 0.800 bits per heavy atom. The quantitative estimate of drug-likeness (QED) is 0.0792. The number of ether oxygens (including phenoxy) is 3. The minimum absolute atomic E-state index is 0.0504. The second-order valence-corrected chi connectivity index (χ2v) is 9.76. The van der Waals surface area contributed by atoms with Gasteiger partial charge >= 0.3 is 5.04 Å². The molecule has 0 saturated heterocycles. The summed E-state index contributed by atoms with van der Waals surface area (Å²) in [7, 11) is -4.57. The zero-order valence-corrected chi connectivity index (χ0v) is 21.5. The van der Waals surface area contributed by atoms with Crippen molar-refractivity contribution in [3.8, 4) is 17.2 Å². The molecular formula is C26H34N2O6S. The minimum atomic E-state index is -4.57. The van der Waals surface area contributed by atoms with Crippen molar-refractivity contribution in [1.29, 1.82) is 0 Å². The highest BCUT2D eigenvalue weighted by Gasteiger charge is 2.41. The lowest BCUT2D eigenvalue weighted by Crippen LogP contribution is -2.26. The van der Waals surface area contributed by atoms with Crippen LogP contribution >= 0.6 is 0 Å². The van der Waals surface area contributed by atoms with Crippen LogP contribution in [0, 0.1) is 0 Å². The van der Waals surface area contributed by atoms with E-state index in [1.165, 1.54) is 24.3 Å². The minimum Gasteiger partial charge on any atom is -0.490 e. The predicted molar refractivity (Wildman–Crippen MR) is 134 cm³/mol. The molecule has 0 heterocycles. The van der Waals surface area contributed by atoms with Crippen molar-refractivity contribution >= 4 is 20.7 Å². The maximum Gasteiger partial charge on any atom is 0.457 e. The van der Waals surface area contributed by atoms with Gasteiger partial charge in [0, 0.05) is 5.56 Å². The largest absolute Gasteiger partial charge is 0.490 e. The van der Waals surface area contributed by atoms with E-state index >= 15 is 0 Å². The van der Waals surface area contributed by atoms with E-state index in [-0.39, 0.29) is 28.6 Å². The van der Waals surface area contributed by atoms with Gasteiger partial charge in [-0.3, -0.25) is 4.79 Å². The van der Waals surface area contributed by atoms with Crippen molar-refractivity contribution in [2.75, 3.05) is 19.8 Å². The SMILES string of the molecule is CCCCOc1ccc(S(=O)(=O)C(=[N+]=[N-])C(=O)c2ccccc2)c(OCCCC)c1OCCCC. The van der Waals surface area contributed by atoms with Crippen molar-refractivity contribution in [1.82, 2.24) is 0 Å². The molecule has 0 saturated carbocycles. The zero-order chi connectivity index (χ0) is 25.7. The Balaban J connectivity index is 2.63. The molecule has 0 aromatic heterocycles. The second-order valence-electron chi connectivity index (χ2n) is 7.93. The first-order valence-corrected chi connectivity index (χ1v) is 13.5. The van der Waals surface area contributed by atoms with Gasteiger partial charge in [0.15, 0.2) is 11.5 Å². The van der Waals surface area contributed by atoms with Gasteiger partial charge < -0.3 is 19.7 Å². The van der Waals surface area contributed by atoms with Crippen LogP contribution in [0.15, 0.2) is 47.4 Å². The molecule has 2 aromatic rings. The van der Waals surface area contributed by atoms with Gasteiger partial charge in [-0.2, -0.15) is 0 Å². The maximum atomic E-state index is 13.6. The molecule has 9 heteroatoms. The smallest absolute Gasteiger partial charge is 0.457 e. The summed E-state index contributed by atoms with van der Waals surface area (Å²) in [4.78, 5) is 15.5. The predicted octanol–water partition coefficient (Wildman–Crippen LogP) is 5.51. The van der Waals surface area contributed by atoms with Gasteiger partial charge in [0.05, 0.1) is 19.8 Å². The number of ketones is 1. The summed E-state index contributed by atoms with van der Waals surface area (Å²) >= 11 is 0. The summed E-state index contributed by atoms with van der Waals surface area (Å²) in [5.41, 5.74) is 9.67. The Morgan fingerprint density at radius 2 is 1.34 bits per heavy atom. The highest BCUT2D eigenvalue weighted by molar-refractivity contribution is 8.08. The molecule has 0 aliphatic rings. The Hall–Kier alpha value is -3.16. The highest BCUT2D eigenvalue weighted by atomic mass is 32.2. The molecule has 0 amide bonds. The Kier molecular flexibility index (Phi) is 11.5. The number of nitrogens with zero attached hydrogens (tertiary/aromatic N) is 2. The fraction of sp³-hybridized carbons (Fsp3) is 0.462. The number of hydrogen-bond acceptors (Lipinski definition) is 6. The molecule has 35 heavy (non-hydrogen) atoms. The van der Waals surface area contributed by atoms with Gasteiger partial charge in [-0.15, -0.1) is 4.79 Å². The van der Waals surface area contributed by atoms with Crippen molar-refractivity contribution in [2.45, 2.75) is 64.2 Å². The third kappa shape index (κ3) is 7.41. The number of rotatable bonds is 15. The number of sulfone groups is 1. The number of carbonyl (C=O) groups excluding carboxylic acids is 1. The maximum absolute atomic E-state index is 13.6. The summed E-state index contributed by atoms with van der Waals surface area (Å²) in [6.07, 6.45) is 4.87. The number of Topliss-reactive ketones (excluding diaryl/α,β-unsaturated/α-hetero) is 1. The number of hydrogen-bond donors (Lipinski definition) is 0. The molecule has 0 aliphatic heterocycles. The Labute approximate surface area is 207 Å². The second kappa shape index (κ2) is 14.3. The van der Waals surface area contributed by atoms with Crippen LogP contribution in [0.2, 0.25) is 0 Å². The van der Waals surface area contributed by atoms with Crippen LogP contribution < -0.4 is 14.2 Å². The summed E-state index contributed by atoms with van der Waals surface area (Å²) in [5.74, 6) is -0.456. The molecule has 190 valence electrons. The van der Waals surface area contributed by atoms with Gasteiger partial charge in [0.25, 0.3) is 15.6 Å². The van der Waals surface area contributed by atoms with E-state index in [9.17, 15) is 18.7 Å². The fourth-order valence-corrected chi connectivity index (χ4v) is 4.45. The molecule has 8 nitrogen and oxygen atoms in total. The van der Waals surface area contributed by atoms with Crippen molar-refractivity contribution in [3.63, 3.8) is 0 Å². The average molecular weight is 503 g/mol. The van der Waals surface area contributed by atoms with Crippen LogP contribution in [0.3, 0.4) is 0 Å². The van der Waals surface area contributed by atoms with E-state index in [4.69, 9.17) is 14.2 Å². The number of carbonyl (C=O) groups is 1. The third-order valence-electron chi connectivity index (χ3n) is 5.15. The molecule has 0 unspecified atom stereocenters. The fourth-order valence-electron chi connectivity index (χ4n) is 3.13. The average Bonchev–Trinajstić information content (AvgIpc) is 2.86. The first-order chi connectivity index (χ1) is 16.9. The van der Waals surface area contributed by atoms with Crippen LogP contribution in [-0.2, 0) is 9.84 Å². The van der Waals surface area contributed by atoms with Gasteiger partial charge in [0.1, 0.15) is 4.90 Å². The molecule has 0 spiro atoms. The van der Waals surface area contributed by atoms with Crippen LogP contribution in [-0.4, -0.2) is 43.9 Å². The number of benzene rings is 2. The van der Waals surface area contributed by atoms with Crippen molar-refractivity contribution in [3.05, 3.63) is 53.6 Å². The summed E-state index contributed by atoms with van der Waals surface area (Å²) in [5, 5.41) is -0.997. The molecule has 0 atom stereocenters. The molecule has 2 rings (SSSR count). The van der Waals surface area contributed by atoms with E-state index < -0.39 is 20.7 Å². The van der Waals surface area contributed by atoms with Crippen LogP contribution in [0.25, 0.3) is 5.53 Å². The monoisotopic (exact) mass is 502 g/mol. The van der Waals surface area contributed by atoms with Crippen molar-refractivity contribution < 1.29 is 32.2 Å². The zero-order valence-electron chi connectivity index (χ0n) is 20.7. The van der Waals surface area contributed by atoms with Crippen molar-refractivity contribution in [2.24, 2.45) is 0 Å². The lowest BCUT2D eigenvalue weighted by Gasteiger charge is -2.19. The normalized spacial score (nSPS) is 10.9.